The fourth-order valence-corrected chi connectivity index (χ4v) is 3.87. The van der Waals surface area contributed by atoms with Crippen molar-refractivity contribution in [3.63, 3.8) is 0 Å². The number of piperazine rings is 1. The standard InChI is InChI=1S/C22H25BrClFN4O2/c1-15-13-16(5-6-18(15)23)27-22(31)21(30)26-7-8-28-9-11-29(12-10-28)14-17-19(24)3-2-4-20(17)25/h2-6,13H,7-12,14H2,1H3,(H,26,30)(H,27,31). The van der Waals surface area contributed by atoms with E-state index in [1.807, 2.05) is 13.0 Å². The molecule has 0 atom stereocenters. The first-order chi connectivity index (χ1) is 14.8. The summed E-state index contributed by atoms with van der Waals surface area (Å²) in [5.41, 5.74) is 2.07. The molecule has 0 radical (unpaired) electrons. The van der Waals surface area contributed by atoms with E-state index in [1.54, 1.807) is 24.3 Å². The molecule has 3 rings (SSSR count). The van der Waals surface area contributed by atoms with E-state index in [-0.39, 0.29) is 5.82 Å². The van der Waals surface area contributed by atoms with E-state index in [9.17, 15) is 14.0 Å². The number of nitrogens with one attached hydrogen (secondary N) is 2. The first kappa shape index (κ1) is 23.7. The number of carbonyl (C=O) groups is 2. The number of amides is 2. The maximum Gasteiger partial charge on any atom is 0.313 e. The Hall–Kier alpha value is -2.00. The van der Waals surface area contributed by atoms with Crippen molar-refractivity contribution in [1.29, 1.82) is 0 Å². The Morgan fingerprint density at radius 3 is 2.48 bits per heavy atom. The van der Waals surface area contributed by atoms with Crippen LogP contribution in [-0.2, 0) is 16.1 Å². The maximum absolute atomic E-state index is 14.0. The predicted molar refractivity (Wildman–Crippen MR) is 124 cm³/mol. The average Bonchev–Trinajstić information content (AvgIpc) is 2.74. The van der Waals surface area contributed by atoms with Gasteiger partial charge in [-0.2, -0.15) is 0 Å². The molecule has 1 fully saturated rings. The van der Waals surface area contributed by atoms with Gasteiger partial charge in [0.05, 0.1) is 0 Å². The van der Waals surface area contributed by atoms with Gasteiger partial charge in [0.2, 0.25) is 0 Å². The maximum atomic E-state index is 14.0. The van der Waals surface area contributed by atoms with E-state index >= 15 is 0 Å². The fourth-order valence-electron chi connectivity index (χ4n) is 3.40. The first-order valence-corrected chi connectivity index (χ1v) is 11.2. The van der Waals surface area contributed by atoms with Gasteiger partial charge in [0, 0.05) is 66.6 Å². The number of carbonyl (C=O) groups excluding carboxylic acids is 2. The molecule has 0 aliphatic carbocycles. The SMILES string of the molecule is Cc1cc(NC(=O)C(=O)NCCN2CCN(Cc3c(F)cccc3Cl)CC2)ccc1Br. The molecule has 2 aromatic carbocycles. The summed E-state index contributed by atoms with van der Waals surface area (Å²) in [6.45, 7) is 6.56. The molecule has 1 aliphatic rings. The minimum absolute atomic E-state index is 0.283. The molecule has 0 saturated carbocycles. The highest BCUT2D eigenvalue weighted by molar-refractivity contribution is 9.10. The second-order valence-corrected chi connectivity index (χ2v) is 8.75. The lowest BCUT2D eigenvalue weighted by molar-refractivity contribution is -0.136. The summed E-state index contributed by atoms with van der Waals surface area (Å²) in [6, 6.07) is 10.1. The molecule has 0 unspecified atom stereocenters. The van der Waals surface area contributed by atoms with Gasteiger partial charge >= 0.3 is 11.8 Å². The van der Waals surface area contributed by atoms with Gasteiger partial charge in [-0.1, -0.05) is 33.6 Å². The van der Waals surface area contributed by atoms with Crippen LogP contribution in [0.25, 0.3) is 0 Å². The lowest BCUT2D eigenvalue weighted by Crippen LogP contribution is -2.48. The van der Waals surface area contributed by atoms with Crippen LogP contribution < -0.4 is 10.6 Å². The fraction of sp³-hybridized carbons (Fsp3) is 0.364. The van der Waals surface area contributed by atoms with Gasteiger partial charge in [-0.05, 0) is 42.8 Å². The lowest BCUT2D eigenvalue weighted by atomic mass is 10.2. The molecule has 0 spiro atoms. The van der Waals surface area contributed by atoms with Crippen molar-refractivity contribution in [3.05, 3.63) is 62.8 Å². The molecular formula is C22H25BrClFN4O2. The van der Waals surface area contributed by atoms with Gasteiger partial charge in [0.25, 0.3) is 0 Å². The van der Waals surface area contributed by atoms with Crippen LogP contribution in [0.2, 0.25) is 5.02 Å². The van der Waals surface area contributed by atoms with Crippen molar-refractivity contribution in [2.45, 2.75) is 13.5 Å². The molecule has 9 heteroatoms. The molecular weight excluding hydrogens is 487 g/mol. The number of rotatable bonds is 6. The van der Waals surface area contributed by atoms with Crippen LogP contribution in [0, 0.1) is 12.7 Å². The van der Waals surface area contributed by atoms with Gasteiger partial charge < -0.3 is 10.6 Å². The van der Waals surface area contributed by atoms with E-state index in [2.05, 4.69) is 36.4 Å². The second kappa shape index (κ2) is 11.0. The predicted octanol–water partition coefficient (Wildman–Crippen LogP) is 3.42. The van der Waals surface area contributed by atoms with Crippen molar-refractivity contribution in [1.82, 2.24) is 15.1 Å². The normalized spacial score (nSPS) is 15.0. The Morgan fingerprint density at radius 2 is 1.81 bits per heavy atom. The highest BCUT2D eigenvalue weighted by atomic mass is 79.9. The third kappa shape index (κ3) is 6.74. The first-order valence-electron chi connectivity index (χ1n) is 10.1. The minimum atomic E-state index is -0.687. The summed E-state index contributed by atoms with van der Waals surface area (Å²) < 4.78 is 14.9. The van der Waals surface area contributed by atoms with Crippen LogP contribution in [-0.4, -0.2) is 60.9 Å². The number of halogens is 3. The number of anilines is 1. The second-order valence-electron chi connectivity index (χ2n) is 7.49. The van der Waals surface area contributed by atoms with Crippen molar-refractivity contribution < 1.29 is 14.0 Å². The largest absolute Gasteiger partial charge is 0.347 e. The van der Waals surface area contributed by atoms with E-state index < -0.39 is 11.8 Å². The summed E-state index contributed by atoms with van der Waals surface area (Å²) in [6.07, 6.45) is 0. The zero-order valence-electron chi connectivity index (χ0n) is 17.3. The monoisotopic (exact) mass is 510 g/mol. The molecule has 31 heavy (non-hydrogen) atoms. The Balaban J connectivity index is 1.37. The van der Waals surface area contributed by atoms with Crippen LogP contribution in [0.15, 0.2) is 40.9 Å². The quantitative estimate of drug-likeness (QED) is 0.584. The Bertz CT molecular complexity index is 931. The third-order valence-corrected chi connectivity index (χ3v) is 6.49. The number of hydrogen-bond donors (Lipinski definition) is 2. The summed E-state index contributed by atoms with van der Waals surface area (Å²) in [7, 11) is 0. The Morgan fingerprint density at radius 1 is 1.10 bits per heavy atom. The van der Waals surface area contributed by atoms with E-state index in [0.29, 0.717) is 35.9 Å². The van der Waals surface area contributed by atoms with Crippen LogP contribution in [0.5, 0.6) is 0 Å². The number of nitrogens with zero attached hydrogens (tertiary/aromatic N) is 2. The smallest absolute Gasteiger partial charge is 0.313 e. The number of benzene rings is 2. The molecule has 1 saturated heterocycles. The molecule has 1 heterocycles. The Labute approximate surface area is 194 Å². The van der Waals surface area contributed by atoms with Gasteiger partial charge in [-0.25, -0.2) is 4.39 Å². The molecule has 1 aliphatic heterocycles. The molecule has 166 valence electrons. The van der Waals surface area contributed by atoms with Crippen molar-refractivity contribution in [3.8, 4) is 0 Å². The zero-order valence-corrected chi connectivity index (χ0v) is 19.6. The highest BCUT2D eigenvalue weighted by Gasteiger charge is 2.20. The van der Waals surface area contributed by atoms with Gasteiger partial charge in [-0.15, -0.1) is 0 Å². The molecule has 2 amide bonds. The van der Waals surface area contributed by atoms with Crippen LogP contribution >= 0.6 is 27.5 Å². The molecule has 0 bridgehead atoms. The zero-order chi connectivity index (χ0) is 22.4. The number of aryl methyl sites for hydroxylation is 1. The summed E-state index contributed by atoms with van der Waals surface area (Å²) in [5, 5.41) is 5.71. The lowest BCUT2D eigenvalue weighted by Gasteiger charge is -2.34. The van der Waals surface area contributed by atoms with Crippen molar-refractivity contribution in [2.24, 2.45) is 0 Å². The average molecular weight is 512 g/mol. The topological polar surface area (TPSA) is 64.7 Å². The summed E-state index contributed by atoms with van der Waals surface area (Å²) in [5.74, 6) is -1.63. The van der Waals surface area contributed by atoms with Gasteiger partial charge in [0.15, 0.2) is 0 Å². The minimum Gasteiger partial charge on any atom is -0.347 e. The van der Waals surface area contributed by atoms with E-state index in [4.69, 9.17) is 11.6 Å². The molecule has 2 N–H and O–H groups in total. The van der Waals surface area contributed by atoms with Gasteiger partial charge in [0.1, 0.15) is 5.82 Å². The van der Waals surface area contributed by atoms with Crippen LogP contribution in [0.3, 0.4) is 0 Å². The van der Waals surface area contributed by atoms with E-state index in [0.717, 1.165) is 36.2 Å². The third-order valence-electron chi connectivity index (χ3n) is 5.24. The Kier molecular flexibility index (Phi) is 8.43. The van der Waals surface area contributed by atoms with Crippen molar-refractivity contribution in [2.75, 3.05) is 44.6 Å². The van der Waals surface area contributed by atoms with Crippen LogP contribution in [0.1, 0.15) is 11.1 Å². The summed E-state index contributed by atoms with van der Waals surface area (Å²) >= 11 is 9.52. The number of hydrogen-bond acceptors (Lipinski definition) is 4. The van der Waals surface area contributed by atoms with E-state index in [1.165, 1.54) is 6.07 Å². The van der Waals surface area contributed by atoms with Crippen molar-refractivity contribution >= 4 is 45.0 Å². The van der Waals surface area contributed by atoms with Gasteiger partial charge in [-0.3, -0.25) is 19.4 Å². The highest BCUT2D eigenvalue weighted by Crippen LogP contribution is 2.21. The van der Waals surface area contributed by atoms with Crippen LogP contribution in [0.4, 0.5) is 10.1 Å². The molecule has 6 nitrogen and oxygen atoms in total. The molecule has 0 aromatic heterocycles. The summed E-state index contributed by atoms with van der Waals surface area (Å²) in [4.78, 5) is 28.5. The molecule has 2 aromatic rings.